The molecule has 0 spiro atoms. The Morgan fingerprint density at radius 3 is 2.76 bits per heavy atom. The monoisotopic (exact) mass is 535 g/mol. The average Bonchev–Trinajstić information content (AvgIpc) is 3.53. The van der Waals surface area contributed by atoms with Gasteiger partial charge in [0.05, 0.1) is 18.5 Å². The summed E-state index contributed by atoms with van der Waals surface area (Å²) in [6, 6.07) is 8.09. The summed E-state index contributed by atoms with van der Waals surface area (Å²) in [4.78, 5) is 37.7. The number of hydrogen-bond acceptors (Lipinski definition) is 7. The van der Waals surface area contributed by atoms with Crippen molar-refractivity contribution in [1.29, 1.82) is 0 Å². The highest BCUT2D eigenvalue weighted by Gasteiger charge is 2.37. The van der Waals surface area contributed by atoms with Gasteiger partial charge in [-0.3, -0.25) is 9.89 Å². The van der Waals surface area contributed by atoms with Crippen molar-refractivity contribution in [2.75, 3.05) is 36.4 Å². The number of nitrogens with zero attached hydrogens (tertiary/aromatic N) is 5. The molecule has 6 rings (SSSR count). The molecule has 0 atom stereocenters. The second-order valence-electron chi connectivity index (χ2n) is 11.0. The number of thiazole rings is 1. The van der Waals surface area contributed by atoms with Crippen LogP contribution < -0.4 is 10.2 Å². The van der Waals surface area contributed by atoms with Crippen LogP contribution in [0.3, 0.4) is 0 Å². The summed E-state index contributed by atoms with van der Waals surface area (Å²) in [6.45, 7) is 7.14. The standard InChI is InChI=1S/C27H33N7O3S/c1-27(2)16-33(14-18-13-28-31-23(18)27)24(36)22-21(15-35)30-26(38-22)32-10-8-19(9-11-32)34-12-7-17-5-3-4-6-20(17)29-25(34)37/h3-6,13,19,35H,7-12,14-16H2,1-2H3,(H,28,31)(H,29,37). The number of aromatic amines is 1. The van der Waals surface area contributed by atoms with E-state index in [1.54, 1.807) is 6.20 Å². The third-order valence-corrected chi connectivity index (χ3v) is 9.12. The van der Waals surface area contributed by atoms with Crippen LogP contribution in [-0.2, 0) is 25.0 Å². The smallest absolute Gasteiger partial charge is 0.322 e. The fourth-order valence-electron chi connectivity index (χ4n) is 5.98. The maximum atomic E-state index is 13.6. The molecule has 0 saturated carbocycles. The largest absolute Gasteiger partial charge is 0.390 e. The number of amides is 3. The van der Waals surface area contributed by atoms with E-state index in [0.717, 1.165) is 54.4 Å². The van der Waals surface area contributed by atoms with E-state index in [4.69, 9.17) is 0 Å². The van der Waals surface area contributed by atoms with Crippen LogP contribution in [0.15, 0.2) is 30.5 Å². The molecule has 1 saturated heterocycles. The Kier molecular flexibility index (Phi) is 6.35. The summed E-state index contributed by atoms with van der Waals surface area (Å²) in [5.74, 6) is -0.103. The summed E-state index contributed by atoms with van der Waals surface area (Å²) < 4.78 is 0. The quantitative estimate of drug-likeness (QED) is 0.472. The maximum absolute atomic E-state index is 13.6. The number of fused-ring (bicyclic) bond motifs is 2. The van der Waals surface area contributed by atoms with E-state index in [-0.39, 0.29) is 30.0 Å². The predicted octanol–water partition coefficient (Wildman–Crippen LogP) is 3.35. The molecule has 200 valence electrons. The highest BCUT2D eigenvalue weighted by molar-refractivity contribution is 7.17. The lowest BCUT2D eigenvalue weighted by molar-refractivity contribution is 0.0686. The van der Waals surface area contributed by atoms with Crippen LogP contribution in [0.25, 0.3) is 0 Å². The lowest BCUT2D eigenvalue weighted by Crippen LogP contribution is -2.48. The van der Waals surface area contributed by atoms with Crippen LogP contribution in [0.5, 0.6) is 0 Å². The number of aliphatic hydroxyl groups is 1. The minimum absolute atomic E-state index is 0.0386. The van der Waals surface area contributed by atoms with Crippen LogP contribution in [0.2, 0.25) is 0 Å². The molecule has 0 bridgehead atoms. The molecule has 5 heterocycles. The molecule has 0 unspecified atom stereocenters. The third-order valence-electron chi connectivity index (χ3n) is 7.98. The molecular weight excluding hydrogens is 502 g/mol. The number of rotatable bonds is 4. The molecule has 0 aliphatic carbocycles. The number of nitrogens with one attached hydrogen (secondary N) is 2. The van der Waals surface area contributed by atoms with Crippen LogP contribution in [-0.4, -0.2) is 74.2 Å². The van der Waals surface area contributed by atoms with Gasteiger partial charge >= 0.3 is 6.03 Å². The molecule has 3 aliphatic rings. The number of urea groups is 1. The Morgan fingerprint density at radius 1 is 1.18 bits per heavy atom. The van der Waals surface area contributed by atoms with E-state index in [1.165, 1.54) is 16.9 Å². The van der Waals surface area contributed by atoms with Gasteiger partial charge in [-0.1, -0.05) is 43.4 Å². The van der Waals surface area contributed by atoms with Gasteiger partial charge in [-0.2, -0.15) is 5.10 Å². The Hall–Kier alpha value is -3.44. The van der Waals surface area contributed by atoms with E-state index in [9.17, 15) is 14.7 Å². The summed E-state index contributed by atoms with van der Waals surface area (Å²) in [5, 5.41) is 21.1. The minimum atomic E-state index is -0.281. The molecule has 0 radical (unpaired) electrons. The van der Waals surface area contributed by atoms with Crippen LogP contribution >= 0.6 is 11.3 Å². The number of aromatic nitrogens is 3. The SMILES string of the molecule is CC1(C)CN(C(=O)c2sc(N3CCC(N4CCc5ccccc5NC4=O)CC3)nc2CO)Cc2cn[nH]c21. The number of anilines is 2. The number of carbonyl (C=O) groups excluding carboxylic acids is 2. The van der Waals surface area contributed by atoms with Crippen LogP contribution in [0.4, 0.5) is 15.6 Å². The van der Waals surface area contributed by atoms with Gasteiger partial charge in [-0.15, -0.1) is 0 Å². The number of piperidine rings is 1. The summed E-state index contributed by atoms with van der Waals surface area (Å²) in [7, 11) is 0. The van der Waals surface area contributed by atoms with Gasteiger partial charge in [-0.05, 0) is 30.9 Å². The Labute approximate surface area is 225 Å². The molecule has 1 fully saturated rings. The zero-order valence-electron chi connectivity index (χ0n) is 21.7. The van der Waals surface area contributed by atoms with E-state index >= 15 is 0 Å². The Morgan fingerprint density at radius 2 is 1.97 bits per heavy atom. The van der Waals surface area contributed by atoms with Crippen LogP contribution in [0, 0.1) is 0 Å². The van der Waals surface area contributed by atoms with Gasteiger partial charge in [0.15, 0.2) is 5.13 Å². The molecule has 2 aromatic heterocycles. The number of H-pyrrole nitrogens is 1. The van der Waals surface area contributed by atoms with Crippen molar-refractivity contribution < 1.29 is 14.7 Å². The Balaban J connectivity index is 1.13. The van der Waals surface area contributed by atoms with Crippen molar-refractivity contribution in [3.8, 4) is 0 Å². The molecule has 1 aromatic carbocycles. The Bertz CT molecular complexity index is 1360. The van der Waals surface area contributed by atoms with Crippen molar-refractivity contribution in [2.24, 2.45) is 0 Å². The summed E-state index contributed by atoms with van der Waals surface area (Å²) in [6.07, 6.45) is 4.27. The fraction of sp³-hybridized carbons (Fsp3) is 0.481. The van der Waals surface area contributed by atoms with Crippen LogP contribution in [0.1, 0.15) is 58.9 Å². The highest BCUT2D eigenvalue weighted by Crippen LogP contribution is 2.35. The number of hydrogen-bond donors (Lipinski definition) is 3. The highest BCUT2D eigenvalue weighted by atomic mass is 32.1. The van der Waals surface area contributed by atoms with E-state index in [0.29, 0.717) is 30.2 Å². The van der Waals surface area contributed by atoms with Gasteiger partial charge in [-0.25, -0.2) is 9.78 Å². The van der Waals surface area contributed by atoms with Crippen molar-refractivity contribution in [2.45, 2.75) is 57.7 Å². The number of aliphatic hydroxyl groups excluding tert-OH is 1. The van der Waals surface area contributed by atoms with Gasteiger partial charge < -0.3 is 25.1 Å². The molecule has 3 aromatic rings. The molecule has 38 heavy (non-hydrogen) atoms. The predicted molar refractivity (Wildman–Crippen MR) is 145 cm³/mol. The van der Waals surface area contributed by atoms with Gasteiger partial charge in [0, 0.05) is 61.1 Å². The van der Waals surface area contributed by atoms with Crippen molar-refractivity contribution in [1.82, 2.24) is 25.0 Å². The second-order valence-corrected chi connectivity index (χ2v) is 12.0. The maximum Gasteiger partial charge on any atom is 0.322 e. The van der Waals surface area contributed by atoms with E-state index < -0.39 is 0 Å². The number of carbonyl (C=O) groups is 2. The molecule has 11 heteroatoms. The third kappa shape index (κ3) is 4.43. The molecule has 3 aliphatic heterocycles. The van der Waals surface area contributed by atoms with Gasteiger partial charge in [0.25, 0.3) is 5.91 Å². The summed E-state index contributed by atoms with van der Waals surface area (Å²) in [5.41, 5.74) is 4.34. The summed E-state index contributed by atoms with van der Waals surface area (Å²) >= 11 is 1.36. The van der Waals surface area contributed by atoms with Crippen molar-refractivity contribution in [3.05, 3.63) is 57.9 Å². The van der Waals surface area contributed by atoms with Gasteiger partial charge in [0.2, 0.25) is 0 Å². The average molecular weight is 536 g/mol. The molecule has 10 nitrogen and oxygen atoms in total. The lowest BCUT2D eigenvalue weighted by atomic mass is 9.83. The van der Waals surface area contributed by atoms with Crippen molar-refractivity contribution >= 4 is 34.1 Å². The normalized spacial score (nSPS) is 19.6. The first-order chi connectivity index (χ1) is 18.3. The first-order valence-corrected chi connectivity index (χ1v) is 14.0. The number of benzene rings is 1. The van der Waals surface area contributed by atoms with E-state index in [1.807, 2.05) is 28.0 Å². The molecule has 3 N–H and O–H groups in total. The van der Waals surface area contributed by atoms with Crippen molar-refractivity contribution in [3.63, 3.8) is 0 Å². The first-order valence-electron chi connectivity index (χ1n) is 13.2. The zero-order valence-corrected chi connectivity index (χ0v) is 22.6. The second kappa shape index (κ2) is 9.70. The minimum Gasteiger partial charge on any atom is -0.390 e. The van der Waals surface area contributed by atoms with Gasteiger partial charge in [0.1, 0.15) is 4.88 Å². The fourth-order valence-corrected chi connectivity index (χ4v) is 7.07. The molecular formula is C27H33N7O3S. The lowest BCUT2D eigenvalue weighted by Gasteiger charge is -2.38. The topological polar surface area (TPSA) is 118 Å². The van der Waals surface area contributed by atoms with E-state index in [2.05, 4.69) is 45.3 Å². The molecule has 3 amide bonds. The number of para-hydroxylation sites is 1. The zero-order chi connectivity index (χ0) is 26.4. The first kappa shape index (κ1) is 24.9.